The SMILES string of the molecule is CC(=O)OC(C(=O)N[C@@]1(C(F)(F)F)C(=O)Nc2nc3cc(C)c(C)cc3n21)c1ccccc1. The fraction of sp³-hybridized carbons (Fsp3) is 0.273. The lowest BCUT2D eigenvalue weighted by atomic mass is 10.0. The standard InChI is InChI=1S/C22H19F3N4O4/c1-11-9-15-16(10-12(11)2)29-20(26-15)27-19(32)21(29,22(23,24)25)28-18(31)17(33-13(3)30)14-7-5-4-6-8-14/h4-10,17H,1-3H3,(H,28,31)(H,26,27,32)/t17?,21-/m0/s1. The number of carbonyl (C=O) groups excluding carboxylic acids is 3. The van der Waals surface area contributed by atoms with E-state index in [0.29, 0.717) is 10.1 Å². The Hall–Kier alpha value is -3.89. The molecule has 2 heterocycles. The van der Waals surface area contributed by atoms with Crippen molar-refractivity contribution in [1.29, 1.82) is 0 Å². The third kappa shape index (κ3) is 3.49. The number of halogens is 3. The van der Waals surface area contributed by atoms with Gasteiger partial charge in [-0.25, -0.2) is 4.98 Å². The van der Waals surface area contributed by atoms with Crippen molar-refractivity contribution >= 4 is 34.8 Å². The highest BCUT2D eigenvalue weighted by Crippen LogP contribution is 2.44. The summed E-state index contributed by atoms with van der Waals surface area (Å²) in [6, 6.07) is 10.6. The lowest BCUT2D eigenvalue weighted by molar-refractivity contribution is -0.218. The van der Waals surface area contributed by atoms with Gasteiger partial charge in [-0.1, -0.05) is 30.3 Å². The second-order valence-corrected chi connectivity index (χ2v) is 7.75. The zero-order chi connectivity index (χ0) is 24.1. The number of nitrogens with one attached hydrogen (secondary N) is 2. The van der Waals surface area contributed by atoms with Gasteiger partial charge in [0.1, 0.15) is 0 Å². The highest BCUT2D eigenvalue weighted by Gasteiger charge is 2.68. The zero-order valence-corrected chi connectivity index (χ0v) is 17.8. The Morgan fingerprint density at radius 1 is 1.15 bits per heavy atom. The van der Waals surface area contributed by atoms with Crippen LogP contribution in [-0.2, 0) is 24.8 Å². The monoisotopic (exact) mass is 460 g/mol. The Kier molecular flexibility index (Phi) is 5.14. The normalized spacial score (nSPS) is 18.5. The highest BCUT2D eigenvalue weighted by atomic mass is 19.4. The second kappa shape index (κ2) is 7.61. The number of aryl methyl sites for hydroxylation is 2. The van der Waals surface area contributed by atoms with Gasteiger partial charge in [0.05, 0.1) is 11.0 Å². The number of amides is 2. The Morgan fingerprint density at radius 2 is 1.79 bits per heavy atom. The van der Waals surface area contributed by atoms with Crippen LogP contribution >= 0.6 is 0 Å². The first kappa shape index (κ1) is 22.3. The summed E-state index contributed by atoms with van der Waals surface area (Å²) >= 11 is 0. The van der Waals surface area contributed by atoms with Gasteiger partial charge in [-0.15, -0.1) is 0 Å². The molecule has 2 atom stereocenters. The van der Waals surface area contributed by atoms with Gasteiger partial charge in [0.25, 0.3) is 17.5 Å². The van der Waals surface area contributed by atoms with E-state index in [9.17, 15) is 27.6 Å². The molecule has 2 N–H and O–H groups in total. The molecular weight excluding hydrogens is 441 g/mol. The molecular formula is C22H19F3N4O4. The Morgan fingerprint density at radius 3 is 2.39 bits per heavy atom. The molecule has 4 rings (SSSR count). The van der Waals surface area contributed by atoms with Crippen molar-refractivity contribution in [2.45, 2.75) is 38.7 Å². The number of rotatable bonds is 4. The molecule has 1 aromatic heterocycles. The molecule has 0 saturated carbocycles. The van der Waals surface area contributed by atoms with Crippen LogP contribution in [-0.4, -0.2) is 33.5 Å². The maximum Gasteiger partial charge on any atom is 0.440 e. The van der Waals surface area contributed by atoms with Crippen molar-refractivity contribution in [3.8, 4) is 0 Å². The molecule has 1 aliphatic rings. The summed E-state index contributed by atoms with van der Waals surface area (Å²) in [6.45, 7) is 4.51. The Balaban J connectivity index is 1.88. The number of aromatic nitrogens is 2. The second-order valence-electron chi connectivity index (χ2n) is 7.75. The summed E-state index contributed by atoms with van der Waals surface area (Å²) in [5.41, 5.74) is -1.66. The summed E-state index contributed by atoms with van der Waals surface area (Å²) in [5.74, 6) is -4.08. The van der Waals surface area contributed by atoms with Crippen LogP contribution < -0.4 is 10.6 Å². The molecule has 1 aliphatic heterocycles. The van der Waals surface area contributed by atoms with E-state index in [-0.39, 0.29) is 22.5 Å². The fourth-order valence-corrected chi connectivity index (χ4v) is 3.80. The number of benzene rings is 2. The summed E-state index contributed by atoms with van der Waals surface area (Å²) in [4.78, 5) is 41.6. The molecule has 11 heteroatoms. The molecule has 33 heavy (non-hydrogen) atoms. The summed E-state index contributed by atoms with van der Waals surface area (Å²) in [7, 11) is 0. The molecule has 2 amide bonds. The maximum atomic E-state index is 14.6. The summed E-state index contributed by atoms with van der Waals surface area (Å²) < 4.78 is 49.4. The van der Waals surface area contributed by atoms with Crippen LogP contribution in [0.15, 0.2) is 42.5 Å². The quantitative estimate of drug-likeness (QED) is 0.582. The number of ether oxygens (including phenoxy) is 1. The van der Waals surface area contributed by atoms with Crippen molar-refractivity contribution in [3.63, 3.8) is 0 Å². The van der Waals surface area contributed by atoms with Crippen molar-refractivity contribution < 1.29 is 32.3 Å². The lowest BCUT2D eigenvalue weighted by Crippen LogP contribution is -2.64. The molecule has 0 bridgehead atoms. The topological polar surface area (TPSA) is 102 Å². The number of imidazole rings is 1. The summed E-state index contributed by atoms with van der Waals surface area (Å²) in [6.07, 6.45) is -6.97. The Labute approximate surface area is 185 Å². The first-order chi connectivity index (χ1) is 15.5. The van der Waals surface area contributed by atoms with Gasteiger partial charge < -0.3 is 10.1 Å². The van der Waals surface area contributed by atoms with E-state index in [4.69, 9.17) is 4.74 Å². The number of alkyl halides is 3. The molecule has 0 spiro atoms. The summed E-state index contributed by atoms with van der Waals surface area (Å²) in [5, 5.41) is 3.94. The molecule has 172 valence electrons. The number of nitrogens with zero attached hydrogens (tertiary/aromatic N) is 2. The minimum absolute atomic E-state index is 0.00724. The third-order valence-corrected chi connectivity index (χ3v) is 5.50. The molecule has 8 nitrogen and oxygen atoms in total. The highest BCUT2D eigenvalue weighted by molar-refractivity contribution is 6.05. The average Bonchev–Trinajstić information content (AvgIpc) is 3.20. The predicted molar refractivity (Wildman–Crippen MR) is 111 cm³/mol. The van der Waals surface area contributed by atoms with E-state index in [1.165, 1.54) is 30.3 Å². The minimum Gasteiger partial charge on any atom is -0.447 e. The number of hydrogen-bond acceptors (Lipinski definition) is 5. The van der Waals surface area contributed by atoms with Crippen LogP contribution in [0.5, 0.6) is 0 Å². The zero-order valence-electron chi connectivity index (χ0n) is 17.8. The number of carbonyl (C=O) groups is 3. The maximum absolute atomic E-state index is 14.6. The number of fused-ring (bicyclic) bond motifs is 3. The molecule has 0 saturated heterocycles. The lowest BCUT2D eigenvalue weighted by Gasteiger charge is -2.33. The largest absolute Gasteiger partial charge is 0.447 e. The molecule has 0 fully saturated rings. The van der Waals surface area contributed by atoms with E-state index < -0.39 is 35.7 Å². The van der Waals surface area contributed by atoms with E-state index >= 15 is 0 Å². The molecule has 3 aromatic rings. The van der Waals surface area contributed by atoms with Crippen LogP contribution in [0, 0.1) is 13.8 Å². The third-order valence-electron chi connectivity index (χ3n) is 5.50. The molecule has 0 radical (unpaired) electrons. The predicted octanol–water partition coefficient (Wildman–Crippen LogP) is 3.24. The van der Waals surface area contributed by atoms with Crippen LogP contribution in [0.4, 0.5) is 19.1 Å². The fourth-order valence-electron chi connectivity index (χ4n) is 3.80. The molecule has 1 unspecified atom stereocenters. The van der Waals surface area contributed by atoms with Crippen LogP contribution in [0.2, 0.25) is 0 Å². The molecule has 0 aliphatic carbocycles. The van der Waals surface area contributed by atoms with Gasteiger partial charge in [0, 0.05) is 12.5 Å². The smallest absolute Gasteiger partial charge is 0.440 e. The van der Waals surface area contributed by atoms with Crippen LogP contribution in [0.1, 0.15) is 29.7 Å². The van der Waals surface area contributed by atoms with Crippen LogP contribution in [0.25, 0.3) is 11.0 Å². The minimum atomic E-state index is -5.26. The molecule has 2 aromatic carbocycles. The Bertz CT molecular complexity index is 1290. The number of anilines is 1. The van der Waals surface area contributed by atoms with Gasteiger partial charge in [-0.3, -0.25) is 24.3 Å². The van der Waals surface area contributed by atoms with Crippen molar-refractivity contribution in [2.24, 2.45) is 0 Å². The van der Waals surface area contributed by atoms with Gasteiger partial charge in [0.15, 0.2) is 0 Å². The first-order valence-electron chi connectivity index (χ1n) is 9.88. The first-order valence-corrected chi connectivity index (χ1v) is 9.88. The van der Waals surface area contributed by atoms with Crippen molar-refractivity contribution in [1.82, 2.24) is 14.9 Å². The van der Waals surface area contributed by atoms with Crippen molar-refractivity contribution in [3.05, 3.63) is 59.2 Å². The van der Waals surface area contributed by atoms with Crippen LogP contribution in [0.3, 0.4) is 0 Å². The van der Waals surface area contributed by atoms with Gasteiger partial charge in [-0.2, -0.15) is 13.2 Å². The van der Waals surface area contributed by atoms with E-state index in [1.54, 1.807) is 26.0 Å². The average molecular weight is 460 g/mol. The van der Waals surface area contributed by atoms with Gasteiger partial charge >= 0.3 is 12.1 Å². The van der Waals surface area contributed by atoms with E-state index in [2.05, 4.69) is 10.3 Å². The van der Waals surface area contributed by atoms with Crippen molar-refractivity contribution in [2.75, 3.05) is 5.32 Å². The van der Waals surface area contributed by atoms with E-state index in [0.717, 1.165) is 12.5 Å². The number of esters is 1. The van der Waals surface area contributed by atoms with Gasteiger partial charge in [-0.05, 0) is 37.1 Å². The van der Waals surface area contributed by atoms with E-state index in [1.807, 2.05) is 5.32 Å². The number of hydrogen-bond donors (Lipinski definition) is 2. The van der Waals surface area contributed by atoms with Gasteiger partial charge in [0.2, 0.25) is 12.1 Å².